The highest BCUT2D eigenvalue weighted by molar-refractivity contribution is 5.77. The number of nitrogens with zero attached hydrogens (tertiary/aromatic N) is 1. The topological polar surface area (TPSA) is 64.9 Å². The maximum Gasteiger partial charge on any atom is 0.233 e. The molecule has 1 rings (SSSR count). The quantitative estimate of drug-likeness (QED) is 0.797. The summed E-state index contributed by atoms with van der Waals surface area (Å²) in [4.78, 5) is 11.1. The minimum Gasteiger partial charge on any atom is -0.355 e. The molecule has 0 atom stereocenters. The van der Waals surface area contributed by atoms with Crippen LogP contribution in [0.25, 0.3) is 0 Å². The molecule has 0 bridgehead atoms. The Hall–Kier alpha value is -1.93. The first kappa shape index (κ1) is 13.1. The monoisotopic (exact) mass is 235 g/mol. The highest BCUT2D eigenvalue weighted by Gasteiger charge is 2.02. The third-order valence-corrected chi connectivity index (χ3v) is 2.08. The van der Waals surface area contributed by atoms with Crippen molar-refractivity contribution < 1.29 is 9.18 Å². The molecule has 1 aromatic carbocycles. The van der Waals surface area contributed by atoms with Gasteiger partial charge in [0.1, 0.15) is 5.82 Å². The van der Waals surface area contributed by atoms with Crippen LogP contribution in [-0.4, -0.2) is 19.0 Å². The van der Waals surface area contributed by atoms with Gasteiger partial charge in [0.2, 0.25) is 5.91 Å². The van der Waals surface area contributed by atoms with Crippen LogP contribution in [-0.2, 0) is 11.3 Å². The van der Waals surface area contributed by atoms with Crippen LogP contribution in [0.5, 0.6) is 0 Å². The summed E-state index contributed by atoms with van der Waals surface area (Å²) < 4.78 is 13.1. The molecule has 0 aliphatic heterocycles. The van der Waals surface area contributed by atoms with E-state index in [0.717, 1.165) is 0 Å². The predicted molar refractivity (Wildman–Crippen MR) is 61.5 cm³/mol. The Balaban J connectivity index is 2.50. The highest BCUT2D eigenvalue weighted by Crippen LogP contribution is 2.08. The van der Waals surface area contributed by atoms with Crippen LogP contribution in [0.3, 0.4) is 0 Å². The fourth-order valence-electron chi connectivity index (χ4n) is 1.40. The number of carbonyl (C=O) groups excluding carboxylic acids is 1. The number of carbonyl (C=O) groups is 1. The van der Waals surface area contributed by atoms with Gasteiger partial charge in [-0.2, -0.15) is 5.26 Å². The van der Waals surface area contributed by atoms with Crippen LogP contribution in [0, 0.1) is 17.1 Å². The van der Waals surface area contributed by atoms with Crippen LogP contribution >= 0.6 is 0 Å². The average Bonchev–Trinajstić information content (AvgIpc) is 2.28. The molecule has 0 radical (unpaired) electrons. The Kier molecular flexibility index (Phi) is 5.11. The van der Waals surface area contributed by atoms with Gasteiger partial charge in [0.05, 0.1) is 18.2 Å². The Bertz CT molecular complexity index is 440. The van der Waals surface area contributed by atoms with Gasteiger partial charge >= 0.3 is 0 Å². The molecule has 5 heteroatoms. The second-order valence-corrected chi connectivity index (χ2v) is 3.52. The molecule has 0 aliphatic carbocycles. The zero-order valence-corrected chi connectivity index (χ0v) is 9.59. The fourth-order valence-corrected chi connectivity index (χ4v) is 1.40. The van der Waals surface area contributed by atoms with E-state index in [2.05, 4.69) is 10.6 Å². The van der Waals surface area contributed by atoms with Gasteiger partial charge < -0.3 is 10.6 Å². The highest BCUT2D eigenvalue weighted by atomic mass is 19.1. The van der Waals surface area contributed by atoms with E-state index < -0.39 is 5.82 Å². The van der Waals surface area contributed by atoms with Crippen LogP contribution in [0.2, 0.25) is 0 Å². The first-order valence-electron chi connectivity index (χ1n) is 5.32. The van der Waals surface area contributed by atoms with Crippen molar-refractivity contribution in [3.8, 4) is 6.07 Å². The summed E-state index contributed by atoms with van der Waals surface area (Å²) in [5.74, 6) is -0.553. The molecule has 1 aromatic rings. The van der Waals surface area contributed by atoms with Gasteiger partial charge in [0.25, 0.3) is 0 Å². The summed E-state index contributed by atoms with van der Waals surface area (Å²) in [5, 5.41) is 14.2. The standard InChI is InChI=1S/C12H14FN3O/c1-2-16-12(17)8-15-7-10-3-9(6-14)4-11(13)5-10/h3-5,15H,2,7-8H2,1H3,(H,16,17). The van der Waals surface area contributed by atoms with Crippen molar-refractivity contribution in [1.29, 1.82) is 5.26 Å². The Labute approximate surface area is 99.4 Å². The van der Waals surface area contributed by atoms with Gasteiger partial charge in [-0.05, 0) is 30.7 Å². The molecular formula is C12H14FN3O. The second kappa shape index (κ2) is 6.61. The van der Waals surface area contributed by atoms with Gasteiger partial charge in [-0.15, -0.1) is 0 Å². The van der Waals surface area contributed by atoms with Gasteiger partial charge in [-0.1, -0.05) is 0 Å². The second-order valence-electron chi connectivity index (χ2n) is 3.52. The van der Waals surface area contributed by atoms with Crippen molar-refractivity contribution in [1.82, 2.24) is 10.6 Å². The van der Waals surface area contributed by atoms with Crippen molar-refractivity contribution >= 4 is 5.91 Å². The minimum atomic E-state index is -0.446. The Morgan fingerprint density at radius 2 is 2.24 bits per heavy atom. The van der Waals surface area contributed by atoms with E-state index in [1.165, 1.54) is 12.1 Å². The lowest BCUT2D eigenvalue weighted by molar-refractivity contribution is -0.120. The van der Waals surface area contributed by atoms with Crippen LogP contribution in [0.4, 0.5) is 4.39 Å². The van der Waals surface area contributed by atoms with Gasteiger partial charge in [0, 0.05) is 13.1 Å². The van der Waals surface area contributed by atoms with Crippen LogP contribution in [0.15, 0.2) is 18.2 Å². The first-order valence-corrected chi connectivity index (χ1v) is 5.32. The first-order chi connectivity index (χ1) is 8.15. The van der Waals surface area contributed by atoms with E-state index >= 15 is 0 Å². The van der Waals surface area contributed by atoms with Crippen molar-refractivity contribution in [2.24, 2.45) is 0 Å². The van der Waals surface area contributed by atoms with E-state index in [-0.39, 0.29) is 18.0 Å². The third kappa shape index (κ3) is 4.62. The van der Waals surface area contributed by atoms with Crippen molar-refractivity contribution in [2.45, 2.75) is 13.5 Å². The van der Waals surface area contributed by atoms with Gasteiger partial charge in [-0.25, -0.2) is 4.39 Å². The SMILES string of the molecule is CCNC(=O)CNCc1cc(F)cc(C#N)c1. The fraction of sp³-hybridized carbons (Fsp3) is 0.333. The molecule has 0 spiro atoms. The lowest BCUT2D eigenvalue weighted by Crippen LogP contribution is -2.33. The molecule has 17 heavy (non-hydrogen) atoms. The zero-order valence-electron chi connectivity index (χ0n) is 9.59. The number of amides is 1. The molecule has 0 aromatic heterocycles. The van der Waals surface area contributed by atoms with Crippen LogP contribution in [0.1, 0.15) is 18.1 Å². The Morgan fingerprint density at radius 1 is 1.47 bits per heavy atom. The number of likely N-dealkylation sites (N-methyl/N-ethyl adjacent to an activating group) is 1. The van der Waals surface area contributed by atoms with Crippen molar-refractivity contribution in [3.05, 3.63) is 35.1 Å². The Morgan fingerprint density at radius 3 is 2.88 bits per heavy atom. The van der Waals surface area contributed by atoms with Gasteiger partial charge in [-0.3, -0.25) is 4.79 Å². The maximum atomic E-state index is 13.1. The van der Waals surface area contributed by atoms with Gasteiger partial charge in [0.15, 0.2) is 0 Å². The zero-order chi connectivity index (χ0) is 12.7. The summed E-state index contributed by atoms with van der Waals surface area (Å²) in [6.07, 6.45) is 0. The number of hydrogen-bond donors (Lipinski definition) is 2. The third-order valence-electron chi connectivity index (χ3n) is 2.08. The molecule has 0 heterocycles. The number of hydrogen-bond acceptors (Lipinski definition) is 3. The van der Waals surface area contributed by atoms with E-state index in [1.54, 1.807) is 6.07 Å². The smallest absolute Gasteiger partial charge is 0.233 e. The summed E-state index contributed by atoms with van der Waals surface area (Å²) in [7, 11) is 0. The number of nitriles is 1. The lowest BCUT2D eigenvalue weighted by atomic mass is 10.1. The number of benzene rings is 1. The summed E-state index contributed by atoms with van der Waals surface area (Å²) in [5.41, 5.74) is 0.922. The molecule has 90 valence electrons. The summed E-state index contributed by atoms with van der Waals surface area (Å²) >= 11 is 0. The minimum absolute atomic E-state index is 0.107. The maximum absolute atomic E-state index is 13.1. The van der Waals surface area contributed by atoms with Crippen molar-refractivity contribution in [3.63, 3.8) is 0 Å². The van der Waals surface area contributed by atoms with Crippen molar-refractivity contribution in [2.75, 3.05) is 13.1 Å². The molecular weight excluding hydrogens is 221 g/mol. The molecule has 0 aliphatic rings. The van der Waals surface area contributed by atoms with E-state index in [9.17, 15) is 9.18 Å². The molecule has 0 saturated heterocycles. The largest absolute Gasteiger partial charge is 0.355 e. The normalized spacial score (nSPS) is 9.71. The lowest BCUT2D eigenvalue weighted by Gasteiger charge is -2.05. The van der Waals surface area contributed by atoms with Crippen LogP contribution < -0.4 is 10.6 Å². The molecule has 0 saturated carbocycles. The average molecular weight is 235 g/mol. The molecule has 0 fully saturated rings. The molecule has 4 nitrogen and oxygen atoms in total. The number of rotatable bonds is 5. The molecule has 2 N–H and O–H groups in total. The predicted octanol–water partition coefficient (Wildman–Crippen LogP) is 0.923. The number of nitrogens with one attached hydrogen (secondary N) is 2. The summed E-state index contributed by atoms with van der Waals surface area (Å²) in [6, 6.07) is 5.98. The molecule has 1 amide bonds. The molecule has 0 unspecified atom stereocenters. The number of halogens is 1. The van der Waals surface area contributed by atoms with E-state index in [1.807, 2.05) is 13.0 Å². The van der Waals surface area contributed by atoms with E-state index in [4.69, 9.17) is 5.26 Å². The van der Waals surface area contributed by atoms with E-state index in [0.29, 0.717) is 18.7 Å². The summed E-state index contributed by atoms with van der Waals surface area (Å²) in [6.45, 7) is 2.94.